The minimum absolute atomic E-state index is 0.0713. The quantitative estimate of drug-likeness (QED) is 0.818. The summed E-state index contributed by atoms with van der Waals surface area (Å²) in [5, 5.41) is 0. The molecular weight excluding hydrogens is 344 g/mol. The molecule has 0 atom stereocenters. The zero-order valence-corrected chi connectivity index (χ0v) is 14.3. The lowest BCUT2D eigenvalue weighted by Gasteiger charge is -2.36. The number of hydrogen-bond donors (Lipinski definition) is 0. The number of aromatic nitrogens is 1. The molecule has 1 amide bonds. The number of alkyl halides is 2. The van der Waals surface area contributed by atoms with E-state index in [-0.39, 0.29) is 23.0 Å². The van der Waals surface area contributed by atoms with Crippen LogP contribution in [0.25, 0.3) is 0 Å². The lowest BCUT2D eigenvalue weighted by atomic mass is 10.1. The van der Waals surface area contributed by atoms with Crippen molar-refractivity contribution in [1.29, 1.82) is 0 Å². The van der Waals surface area contributed by atoms with Gasteiger partial charge in [0.15, 0.2) is 11.5 Å². The standard InChI is InChI=1S/C18H19F2N3O3/c1-25-15-4-2-3-14(16(15)26-18(19)20)17(24)23-11-9-22(10-12-23)13-5-7-21-8-6-13/h2-8,18H,9-12H2,1H3. The van der Waals surface area contributed by atoms with E-state index in [1.165, 1.54) is 19.2 Å². The predicted octanol–water partition coefficient (Wildman–Crippen LogP) is 2.65. The van der Waals surface area contributed by atoms with Gasteiger partial charge in [-0.15, -0.1) is 0 Å². The van der Waals surface area contributed by atoms with Gasteiger partial charge in [0.25, 0.3) is 5.91 Å². The molecule has 0 bridgehead atoms. The second-order valence-corrected chi connectivity index (χ2v) is 5.70. The number of carbonyl (C=O) groups excluding carboxylic acids is 1. The van der Waals surface area contributed by atoms with Crippen molar-refractivity contribution < 1.29 is 23.0 Å². The average molecular weight is 363 g/mol. The Balaban J connectivity index is 1.74. The Morgan fingerprint density at radius 1 is 1.12 bits per heavy atom. The van der Waals surface area contributed by atoms with Crippen molar-refractivity contribution in [3.8, 4) is 11.5 Å². The minimum atomic E-state index is -3.04. The number of anilines is 1. The van der Waals surface area contributed by atoms with Gasteiger partial charge in [0.05, 0.1) is 12.7 Å². The minimum Gasteiger partial charge on any atom is -0.493 e. The molecule has 0 unspecified atom stereocenters. The molecule has 8 heteroatoms. The van der Waals surface area contributed by atoms with Gasteiger partial charge in [0.1, 0.15) is 0 Å². The molecule has 3 rings (SSSR count). The summed E-state index contributed by atoms with van der Waals surface area (Å²) in [6, 6.07) is 8.35. The Morgan fingerprint density at radius 3 is 2.42 bits per heavy atom. The predicted molar refractivity (Wildman–Crippen MR) is 92.0 cm³/mol. The van der Waals surface area contributed by atoms with E-state index in [9.17, 15) is 13.6 Å². The molecule has 1 aliphatic heterocycles. The van der Waals surface area contributed by atoms with Crippen LogP contribution in [-0.4, -0.2) is 55.7 Å². The van der Waals surface area contributed by atoms with Gasteiger partial charge in [-0.05, 0) is 24.3 Å². The van der Waals surface area contributed by atoms with Crippen LogP contribution in [0.4, 0.5) is 14.5 Å². The van der Waals surface area contributed by atoms with Crippen LogP contribution in [0.3, 0.4) is 0 Å². The fourth-order valence-corrected chi connectivity index (χ4v) is 2.95. The van der Waals surface area contributed by atoms with Crippen molar-refractivity contribution in [1.82, 2.24) is 9.88 Å². The SMILES string of the molecule is COc1cccc(C(=O)N2CCN(c3ccncc3)CC2)c1OC(F)F. The Kier molecular flexibility index (Phi) is 5.50. The molecule has 138 valence electrons. The van der Waals surface area contributed by atoms with Gasteiger partial charge in [-0.2, -0.15) is 8.78 Å². The summed E-state index contributed by atoms with van der Waals surface area (Å²) in [5.74, 6) is -0.480. The smallest absolute Gasteiger partial charge is 0.387 e. The molecule has 2 aromatic rings. The molecule has 0 spiro atoms. The number of nitrogens with zero attached hydrogens (tertiary/aromatic N) is 3. The van der Waals surface area contributed by atoms with Crippen LogP contribution in [0, 0.1) is 0 Å². The topological polar surface area (TPSA) is 54.9 Å². The highest BCUT2D eigenvalue weighted by molar-refractivity contribution is 5.98. The molecule has 0 N–H and O–H groups in total. The first-order valence-corrected chi connectivity index (χ1v) is 8.16. The third-order valence-corrected chi connectivity index (χ3v) is 4.23. The van der Waals surface area contributed by atoms with Gasteiger partial charge in [-0.1, -0.05) is 6.07 Å². The first-order valence-electron chi connectivity index (χ1n) is 8.16. The van der Waals surface area contributed by atoms with E-state index >= 15 is 0 Å². The second-order valence-electron chi connectivity index (χ2n) is 5.70. The maximum atomic E-state index is 12.8. The number of halogens is 2. The summed E-state index contributed by atoms with van der Waals surface area (Å²) < 4.78 is 35.1. The first-order chi connectivity index (χ1) is 12.6. The van der Waals surface area contributed by atoms with E-state index in [4.69, 9.17) is 4.74 Å². The average Bonchev–Trinajstić information content (AvgIpc) is 2.68. The van der Waals surface area contributed by atoms with Gasteiger partial charge in [0, 0.05) is 44.3 Å². The van der Waals surface area contributed by atoms with E-state index in [0.29, 0.717) is 26.2 Å². The molecule has 1 saturated heterocycles. The second kappa shape index (κ2) is 7.99. The fourth-order valence-electron chi connectivity index (χ4n) is 2.95. The first kappa shape index (κ1) is 17.9. The van der Waals surface area contributed by atoms with Crippen molar-refractivity contribution in [3.05, 3.63) is 48.3 Å². The van der Waals surface area contributed by atoms with E-state index in [0.717, 1.165) is 5.69 Å². The van der Waals surface area contributed by atoms with Crippen molar-refractivity contribution in [2.75, 3.05) is 38.2 Å². The van der Waals surface area contributed by atoms with Crippen molar-refractivity contribution >= 4 is 11.6 Å². The van der Waals surface area contributed by atoms with Crippen LogP contribution in [0.5, 0.6) is 11.5 Å². The Morgan fingerprint density at radius 2 is 1.81 bits per heavy atom. The molecular formula is C18H19F2N3O3. The van der Waals surface area contributed by atoms with E-state index < -0.39 is 6.61 Å². The number of hydrogen-bond acceptors (Lipinski definition) is 5. The number of rotatable bonds is 5. The van der Waals surface area contributed by atoms with Crippen LogP contribution in [0.1, 0.15) is 10.4 Å². The summed E-state index contributed by atoms with van der Waals surface area (Å²) in [6.45, 7) is -0.796. The van der Waals surface area contributed by atoms with E-state index in [1.54, 1.807) is 23.4 Å². The monoisotopic (exact) mass is 363 g/mol. The third kappa shape index (κ3) is 3.84. The largest absolute Gasteiger partial charge is 0.493 e. The van der Waals surface area contributed by atoms with Gasteiger partial charge in [-0.3, -0.25) is 9.78 Å². The number of para-hydroxylation sites is 1. The maximum absolute atomic E-state index is 12.8. The lowest BCUT2D eigenvalue weighted by molar-refractivity contribution is -0.0516. The van der Waals surface area contributed by atoms with Gasteiger partial charge >= 0.3 is 6.61 Å². The number of benzene rings is 1. The number of amides is 1. The molecule has 26 heavy (non-hydrogen) atoms. The van der Waals surface area contributed by atoms with Crippen molar-refractivity contribution in [2.45, 2.75) is 6.61 Å². The van der Waals surface area contributed by atoms with E-state index in [1.807, 2.05) is 12.1 Å². The summed E-state index contributed by atoms with van der Waals surface area (Å²) in [4.78, 5) is 20.6. The van der Waals surface area contributed by atoms with Crippen LogP contribution in [0.2, 0.25) is 0 Å². The number of piperazine rings is 1. The number of carbonyl (C=O) groups is 1. The fraction of sp³-hybridized carbons (Fsp3) is 0.333. The highest BCUT2D eigenvalue weighted by Gasteiger charge is 2.27. The summed E-state index contributed by atoms with van der Waals surface area (Å²) in [5.41, 5.74) is 1.11. The summed E-state index contributed by atoms with van der Waals surface area (Å²) in [7, 11) is 1.34. The lowest BCUT2D eigenvalue weighted by Crippen LogP contribution is -2.48. The van der Waals surface area contributed by atoms with Gasteiger partial charge in [0.2, 0.25) is 0 Å². The molecule has 0 aliphatic carbocycles. The molecule has 1 aromatic heterocycles. The zero-order chi connectivity index (χ0) is 18.5. The molecule has 1 fully saturated rings. The summed E-state index contributed by atoms with van der Waals surface area (Å²) >= 11 is 0. The molecule has 2 heterocycles. The van der Waals surface area contributed by atoms with Crippen LogP contribution < -0.4 is 14.4 Å². The highest BCUT2D eigenvalue weighted by Crippen LogP contribution is 2.33. The van der Waals surface area contributed by atoms with Crippen LogP contribution in [-0.2, 0) is 0 Å². The zero-order valence-electron chi connectivity index (χ0n) is 14.3. The normalized spacial score (nSPS) is 14.5. The molecule has 1 aromatic carbocycles. The maximum Gasteiger partial charge on any atom is 0.387 e. The molecule has 6 nitrogen and oxygen atoms in total. The number of methoxy groups -OCH3 is 1. The van der Waals surface area contributed by atoms with E-state index in [2.05, 4.69) is 14.6 Å². The highest BCUT2D eigenvalue weighted by atomic mass is 19.3. The molecule has 0 radical (unpaired) electrons. The number of ether oxygens (including phenoxy) is 2. The Bertz CT molecular complexity index is 751. The van der Waals surface area contributed by atoms with Crippen LogP contribution in [0.15, 0.2) is 42.7 Å². The Labute approximate surface area is 149 Å². The number of pyridine rings is 1. The van der Waals surface area contributed by atoms with Crippen molar-refractivity contribution in [2.24, 2.45) is 0 Å². The molecule has 0 saturated carbocycles. The van der Waals surface area contributed by atoms with Gasteiger partial charge < -0.3 is 19.3 Å². The molecule has 1 aliphatic rings. The van der Waals surface area contributed by atoms with Gasteiger partial charge in [-0.25, -0.2) is 0 Å². The van der Waals surface area contributed by atoms with Crippen LogP contribution >= 0.6 is 0 Å². The Hall–Kier alpha value is -2.90. The third-order valence-electron chi connectivity index (χ3n) is 4.23. The van der Waals surface area contributed by atoms with Crippen molar-refractivity contribution in [3.63, 3.8) is 0 Å². The summed E-state index contributed by atoms with van der Waals surface area (Å²) in [6.07, 6.45) is 3.44.